The van der Waals surface area contributed by atoms with Crippen molar-refractivity contribution < 1.29 is 0 Å². The molecule has 4 nitrogen and oxygen atoms in total. The number of benzene rings is 1. The minimum absolute atomic E-state index is 0.211. The Morgan fingerprint density at radius 2 is 1.61 bits per heavy atom. The molecule has 0 atom stereocenters. The smallest absolute Gasteiger partial charge is 0.222 e. The highest BCUT2D eigenvalue weighted by Crippen LogP contribution is 2.30. The van der Waals surface area contributed by atoms with Crippen molar-refractivity contribution in [3.05, 3.63) is 44.0 Å². The van der Waals surface area contributed by atoms with Crippen molar-refractivity contribution in [1.29, 1.82) is 0 Å². The van der Waals surface area contributed by atoms with Gasteiger partial charge in [-0.15, -0.1) is 0 Å². The maximum Gasteiger partial charge on any atom is 0.222 e. The summed E-state index contributed by atoms with van der Waals surface area (Å²) in [5.74, 6) is 0.884. The van der Waals surface area contributed by atoms with Crippen LogP contribution in [-0.2, 0) is 12.8 Å². The van der Waals surface area contributed by atoms with Gasteiger partial charge in [0.2, 0.25) is 5.95 Å². The second-order valence-electron chi connectivity index (χ2n) is 5.70. The molecule has 0 amide bonds. The number of anilines is 2. The van der Waals surface area contributed by atoms with Crippen LogP contribution in [0.4, 0.5) is 11.8 Å². The van der Waals surface area contributed by atoms with Gasteiger partial charge < -0.3 is 11.5 Å². The van der Waals surface area contributed by atoms with Gasteiger partial charge in [0.1, 0.15) is 5.82 Å². The van der Waals surface area contributed by atoms with Crippen molar-refractivity contribution in [2.45, 2.75) is 39.0 Å². The number of hydrogen-bond donors (Lipinski definition) is 2. The van der Waals surface area contributed by atoms with Crippen LogP contribution in [0.15, 0.2) is 12.1 Å². The number of halogens is 3. The Kier molecular flexibility index (Phi) is 5.95. The topological polar surface area (TPSA) is 77.8 Å². The molecule has 0 saturated heterocycles. The first-order chi connectivity index (χ1) is 10.8. The summed E-state index contributed by atoms with van der Waals surface area (Å²) in [6.07, 6.45) is 2.35. The molecule has 2 aromatic rings. The van der Waals surface area contributed by atoms with Crippen LogP contribution in [0.25, 0.3) is 0 Å². The third-order valence-electron chi connectivity index (χ3n) is 3.60. The maximum atomic E-state index is 6.21. The van der Waals surface area contributed by atoms with Gasteiger partial charge in [-0.3, -0.25) is 0 Å². The average Bonchev–Trinajstić information content (AvgIpc) is 2.45. The van der Waals surface area contributed by atoms with Crippen LogP contribution in [0.2, 0.25) is 15.1 Å². The van der Waals surface area contributed by atoms with Crippen LogP contribution in [-0.4, -0.2) is 9.97 Å². The van der Waals surface area contributed by atoms with Crippen LogP contribution in [0.5, 0.6) is 0 Å². The summed E-state index contributed by atoms with van der Waals surface area (Å²) in [5.41, 5.74) is 14.5. The summed E-state index contributed by atoms with van der Waals surface area (Å²) in [6.45, 7) is 4.11. The Morgan fingerprint density at radius 1 is 0.957 bits per heavy atom. The number of hydrogen-bond acceptors (Lipinski definition) is 4. The molecule has 1 aromatic heterocycles. The largest absolute Gasteiger partial charge is 0.383 e. The van der Waals surface area contributed by atoms with Crippen molar-refractivity contribution in [3.8, 4) is 0 Å². The molecule has 23 heavy (non-hydrogen) atoms. The first kappa shape index (κ1) is 18.1. The van der Waals surface area contributed by atoms with Crippen LogP contribution in [0.3, 0.4) is 0 Å². The molecule has 0 saturated carbocycles. The Balaban J connectivity index is 2.15. The Morgan fingerprint density at radius 3 is 2.26 bits per heavy atom. The molecule has 0 unspecified atom stereocenters. The molecular weight excluding hydrogens is 355 g/mol. The normalized spacial score (nSPS) is 11.2. The van der Waals surface area contributed by atoms with Crippen LogP contribution in [0, 0.1) is 0 Å². The van der Waals surface area contributed by atoms with E-state index in [-0.39, 0.29) is 11.9 Å². The maximum absolute atomic E-state index is 6.21. The van der Waals surface area contributed by atoms with Gasteiger partial charge in [0.05, 0.1) is 15.7 Å². The highest BCUT2D eigenvalue weighted by atomic mass is 35.5. The zero-order valence-electron chi connectivity index (χ0n) is 13.0. The lowest BCUT2D eigenvalue weighted by atomic mass is 9.98. The predicted octanol–water partition coefficient (Wildman–Crippen LogP) is 4.90. The number of aryl methyl sites for hydroxylation is 1. The van der Waals surface area contributed by atoms with Crippen molar-refractivity contribution in [2.75, 3.05) is 11.5 Å². The molecule has 7 heteroatoms. The number of nitrogens with zero attached hydrogens (tertiary/aromatic N) is 2. The molecule has 2 rings (SSSR count). The molecule has 0 bridgehead atoms. The molecule has 0 aliphatic rings. The van der Waals surface area contributed by atoms with Crippen molar-refractivity contribution in [2.24, 2.45) is 0 Å². The summed E-state index contributed by atoms with van der Waals surface area (Å²) in [5, 5.41) is 1.58. The van der Waals surface area contributed by atoms with E-state index < -0.39 is 0 Å². The third-order valence-corrected chi connectivity index (χ3v) is 4.67. The standard InChI is InChI=1S/C16H19Cl3N4/c1-8(2)14-10(15(20)23-16(21)22-14)5-3-4-9-6-12(18)13(19)7-11(9)17/h6-8H,3-5H2,1-2H3,(H4,20,21,22,23). The fourth-order valence-electron chi connectivity index (χ4n) is 2.48. The van der Waals surface area contributed by atoms with Gasteiger partial charge in [0.25, 0.3) is 0 Å². The van der Waals surface area contributed by atoms with Crippen molar-refractivity contribution in [3.63, 3.8) is 0 Å². The number of nitrogen functional groups attached to an aromatic ring is 2. The predicted molar refractivity (Wildman–Crippen MR) is 98.4 cm³/mol. The molecule has 0 fully saturated rings. The van der Waals surface area contributed by atoms with Crippen LogP contribution in [0.1, 0.15) is 43.0 Å². The molecule has 0 aliphatic carbocycles. The quantitative estimate of drug-likeness (QED) is 0.731. The van der Waals surface area contributed by atoms with Crippen molar-refractivity contribution >= 4 is 46.6 Å². The minimum atomic E-state index is 0.211. The summed E-state index contributed by atoms with van der Waals surface area (Å²) in [4.78, 5) is 8.39. The van der Waals surface area contributed by atoms with Crippen LogP contribution < -0.4 is 11.5 Å². The SMILES string of the molecule is CC(C)c1nc(N)nc(N)c1CCCc1cc(Cl)c(Cl)cc1Cl. The lowest BCUT2D eigenvalue weighted by molar-refractivity contribution is 0.755. The fourth-order valence-corrected chi connectivity index (χ4v) is 3.15. The first-order valence-electron chi connectivity index (χ1n) is 7.34. The van der Waals surface area contributed by atoms with Gasteiger partial charge in [0.15, 0.2) is 0 Å². The van der Waals surface area contributed by atoms with Gasteiger partial charge >= 0.3 is 0 Å². The highest BCUT2D eigenvalue weighted by molar-refractivity contribution is 6.43. The van der Waals surface area contributed by atoms with Crippen molar-refractivity contribution in [1.82, 2.24) is 9.97 Å². The summed E-state index contributed by atoms with van der Waals surface area (Å²) in [7, 11) is 0. The van der Waals surface area contributed by atoms with Gasteiger partial charge in [-0.25, -0.2) is 4.98 Å². The van der Waals surface area contributed by atoms with E-state index in [1.165, 1.54) is 0 Å². The van der Waals surface area contributed by atoms with E-state index in [1.54, 1.807) is 12.1 Å². The second kappa shape index (κ2) is 7.56. The molecule has 124 valence electrons. The molecule has 0 spiro atoms. The van der Waals surface area contributed by atoms with Gasteiger partial charge in [-0.2, -0.15) is 4.98 Å². The van der Waals surface area contributed by atoms with E-state index in [1.807, 2.05) is 0 Å². The van der Waals surface area contributed by atoms with Crippen LogP contribution >= 0.6 is 34.8 Å². The third kappa shape index (κ3) is 4.40. The summed E-state index contributed by atoms with van der Waals surface area (Å²) < 4.78 is 0. The van der Waals surface area contributed by atoms with E-state index >= 15 is 0 Å². The van der Waals surface area contributed by atoms with Gasteiger partial charge in [0, 0.05) is 10.6 Å². The molecule has 0 radical (unpaired) electrons. The molecule has 1 heterocycles. The van der Waals surface area contributed by atoms with Gasteiger partial charge in [-0.1, -0.05) is 48.7 Å². The lowest BCUT2D eigenvalue weighted by Crippen LogP contribution is -2.10. The summed E-state index contributed by atoms with van der Waals surface area (Å²) in [6, 6.07) is 3.47. The van der Waals surface area contributed by atoms with Gasteiger partial charge in [-0.05, 0) is 42.9 Å². The Labute approximate surface area is 151 Å². The highest BCUT2D eigenvalue weighted by Gasteiger charge is 2.14. The zero-order chi connectivity index (χ0) is 17.1. The zero-order valence-corrected chi connectivity index (χ0v) is 15.3. The minimum Gasteiger partial charge on any atom is -0.383 e. The first-order valence-corrected chi connectivity index (χ1v) is 8.48. The van der Waals surface area contributed by atoms with E-state index in [9.17, 15) is 0 Å². The van der Waals surface area contributed by atoms with E-state index in [0.29, 0.717) is 20.9 Å². The van der Waals surface area contributed by atoms with E-state index in [2.05, 4.69) is 23.8 Å². The monoisotopic (exact) mass is 372 g/mol. The number of rotatable bonds is 5. The number of nitrogens with two attached hydrogens (primary N) is 2. The Bertz CT molecular complexity index is 717. The Hall–Kier alpha value is -1.23. The lowest BCUT2D eigenvalue weighted by Gasteiger charge is -2.14. The molecular formula is C16H19Cl3N4. The summed E-state index contributed by atoms with van der Waals surface area (Å²) >= 11 is 18.2. The molecule has 4 N–H and O–H groups in total. The number of aromatic nitrogens is 2. The second-order valence-corrected chi connectivity index (χ2v) is 6.92. The van der Waals surface area contributed by atoms with E-state index in [4.69, 9.17) is 46.3 Å². The molecule has 1 aromatic carbocycles. The molecule has 0 aliphatic heterocycles. The van der Waals surface area contributed by atoms with E-state index in [0.717, 1.165) is 36.1 Å². The average molecular weight is 374 g/mol. The fraction of sp³-hybridized carbons (Fsp3) is 0.375.